The van der Waals surface area contributed by atoms with E-state index in [0.717, 1.165) is 58.8 Å². The summed E-state index contributed by atoms with van der Waals surface area (Å²) in [7, 11) is 0. The van der Waals surface area contributed by atoms with Crippen molar-refractivity contribution < 1.29 is 12.6 Å². The fourth-order valence-electron chi connectivity index (χ4n) is 8.10. The van der Waals surface area contributed by atoms with Gasteiger partial charge in [0.25, 0.3) is 0 Å². The summed E-state index contributed by atoms with van der Waals surface area (Å²) in [5, 5.41) is 4.37. The predicted octanol–water partition coefficient (Wildman–Crippen LogP) is 13.9. The summed E-state index contributed by atoms with van der Waals surface area (Å²) in [6, 6.07) is 45.6. The van der Waals surface area contributed by atoms with Gasteiger partial charge >= 0.3 is 0 Å². The summed E-state index contributed by atoms with van der Waals surface area (Å²) >= 11 is 1.71. The van der Waals surface area contributed by atoms with Crippen molar-refractivity contribution >= 4 is 75.3 Å². The molecular formula is C51H30N4OS. The first-order valence-corrected chi connectivity index (χ1v) is 19.3. The van der Waals surface area contributed by atoms with Crippen LogP contribution in [-0.4, -0.2) is 19.5 Å². The summed E-state index contributed by atoms with van der Waals surface area (Å²) in [6.45, 7) is 0. The number of hydrogen-bond acceptors (Lipinski definition) is 5. The van der Waals surface area contributed by atoms with Gasteiger partial charge < -0.3 is 8.98 Å². The van der Waals surface area contributed by atoms with Gasteiger partial charge in [0, 0.05) is 64.0 Å². The summed E-state index contributed by atoms with van der Waals surface area (Å²) in [6.07, 6.45) is 0. The fraction of sp³-hybridized carbons (Fsp3) is 0. The number of nitrogens with zero attached hydrogens (tertiary/aromatic N) is 4. The van der Waals surface area contributed by atoms with Crippen LogP contribution >= 0.6 is 11.3 Å². The molecule has 0 amide bonds. The van der Waals surface area contributed by atoms with E-state index in [0.29, 0.717) is 34.3 Å². The van der Waals surface area contributed by atoms with Gasteiger partial charge in [-0.3, -0.25) is 0 Å². The van der Waals surface area contributed by atoms with Crippen LogP contribution in [0.2, 0.25) is 0 Å². The van der Waals surface area contributed by atoms with Crippen LogP contribution in [0, 0.1) is 0 Å². The number of hydrogen-bond donors (Lipinski definition) is 0. The van der Waals surface area contributed by atoms with Crippen LogP contribution in [0.3, 0.4) is 0 Å². The van der Waals surface area contributed by atoms with Crippen LogP contribution in [0.1, 0.15) is 8.22 Å². The molecule has 0 spiro atoms. The average molecular weight is 753 g/mol. The van der Waals surface area contributed by atoms with Crippen molar-refractivity contribution in [2.45, 2.75) is 0 Å². The molecule has 8 aromatic carbocycles. The second-order valence-corrected chi connectivity index (χ2v) is 14.9. The summed E-state index contributed by atoms with van der Waals surface area (Å²) in [4.78, 5) is 15.6. The minimum Gasteiger partial charge on any atom is -0.455 e. The van der Waals surface area contributed by atoms with Crippen molar-refractivity contribution in [2.75, 3.05) is 0 Å². The van der Waals surface area contributed by atoms with E-state index >= 15 is 0 Å². The monoisotopic (exact) mass is 752 g/mol. The van der Waals surface area contributed by atoms with Crippen molar-refractivity contribution in [1.29, 1.82) is 0 Å². The number of rotatable bonds is 5. The Hall–Kier alpha value is -7.41. The molecule has 4 heterocycles. The van der Waals surface area contributed by atoms with Gasteiger partial charge in [0.1, 0.15) is 11.2 Å². The molecule has 0 saturated heterocycles. The predicted molar refractivity (Wildman–Crippen MR) is 236 cm³/mol. The molecule has 0 aliphatic carbocycles. The van der Waals surface area contributed by atoms with Gasteiger partial charge in [0.05, 0.1) is 24.9 Å². The second kappa shape index (κ2) is 12.6. The van der Waals surface area contributed by atoms with Crippen LogP contribution in [-0.2, 0) is 0 Å². The normalized spacial score (nSPS) is 13.3. The Bertz CT molecular complexity index is 3830. The molecule has 0 bridgehead atoms. The van der Waals surface area contributed by atoms with Crippen LogP contribution in [0.25, 0.3) is 115 Å². The molecule has 0 unspecified atom stereocenters. The van der Waals surface area contributed by atoms with E-state index in [4.69, 9.17) is 24.9 Å². The molecule has 0 aliphatic rings. The van der Waals surface area contributed by atoms with Gasteiger partial charge in [-0.1, -0.05) is 139 Å². The Kier molecular flexibility index (Phi) is 5.82. The molecule has 0 atom stereocenters. The first-order valence-electron chi connectivity index (χ1n) is 21.5. The van der Waals surface area contributed by atoms with Crippen molar-refractivity contribution in [2.24, 2.45) is 0 Å². The molecule has 0 aliphatic heterocycles. The lowest BCUT2D eigenvalue weighted by Gasteiger charge is -2.16. The van der Waals surface area contributed by atoms with Crippen molar-refractivity contribution in [3.63, 3.8) is 0 Å². The number of thiophene rings is 1. The zero-order valence-electron chi connectivity index (χ0n) is 36.0. The van der Waals surface area contributed by atoms with Crippen molar-refractivity contribution in [3.05, 3.63) is 182 Å². The van der Waals surface area contributed by atoms with Crippen LogP contribution in [0.4, 0.5) is 0 Å². The van der Waals surface area contributed by atoms with Crippen molar-refractivity contribution in [3.8, 4) is 51.0 Å². The van der Waals surface area contributed by atoms with E-state index in [1.807, 2.05) is 115 Å². The topological polar surface area (TPSA) is 56.7 Å². The third-order valence-corrected chi connectivity index (χ3v) is 11.8. The Morgan fingerprint density at radius 1 is 0.474 bits per heavy atom. The number of aromatic nitrogens is 4. The third-order valence-electron chi connectivity index (χ3n) is 10.6. The molecule has 0 radical (unpaired) electrons. The molecular weight excluding hydrogens is 717 g/mol. The highest BCUT2D eigenvalue weighted by Gasteiger charge is 2.22. The van der Waals surface area contributed by atoms with Gasteiger partial charge in [0.15, 0.2) is 17.5 Å². The first-order chi connectivity index (χ1) is 30.7. The lowest BCUT2D eigenvalue weighted by molar-refractivity contribution is 0.670. The highest BCUT2D eigenvalue weighted by Crippen LogP contribution is 2.43. The smallest absolute Gasteiger partial charge is 0.166 e. The molecule has 12 rings (SSSR count). The van der Waals surface area contributed by atoms with E-state index < -0.39 is 0 Å². The Morgan fingerprint density at radius 3 is 1.95 bits per heavy atom. The number of para-hydroxylation sites is 4. The molecule has 0 saturated carbocycles. The minimum absolute atomic E-state index is 0.0689. The van der Waals surface area contributed by atoms with E-state index in [9.17, 15) is 2.74 Å². The third kappa shape index (κ3) is 4.98. The Morgan fingerprint density at radius 2 is 1.12 bits per heavy atom. The summed E-state index contributed by atoms with van der Waals surface area (Å²) < 4.78 is 64.8. The molecule has 5 nitrogen and oxygen atoms in total. The van der Waals surface area contributed by atoms with Gasteiger partial charge in [0.2, 0.25) is 0 Å². The number of benzene rings is 8. The number of fused-ring (bicyclic) bond motifs is 9. The fourth-order valence-corrected chi connectivity index (χ4v) is 9.23. The SMILES string of the molecule is [2H]c1cc([2H])c2c(c1[2H])c1c([2H])c([2H])cc([2H])c1n2-c1cc(-c2cccc3c2oc2ccccc23)ccc1-c1nc(-c2ccccc2)nc(-c2cccc3sc4ccccc4c23)n1. The minimum atomic E-state index is -0.196. The highest BCUT2D eigenvalue weighted by molar-refractivity contribution is 7.25. The Balaban J connectivity index is 1.22. The average Bonchev–Trinajstić information content (AvgIpc) is 4.01. The molecule has 57 heavy (non-hydrogen) atoms. The first kappa shape index (κ1) is 26.4. The lowest BCUT2D eigenvalue weighted by atomic mass is 9.99. The molecule has 0 N–H and O–H groups in total. The maximum absolute atomic E-state index is 9.35. The van der Waals surface area contributed by atoms with Gasteiger partial charge in [-0.25, -0.2) is 15.0 Å². The van der Waals surface area contributed by atoms with Crippen LogP contribution in [0.5, 0.6) is 0 Å². The molecule has 0 fully saturated rings. The maximum Gasteiger partial charge on any atom is 0.166 e. The largest absolute Gasteiger partial charge is 0.455 e. The standard InChI is InChI=1S/C51H30N4OS/c1-2-14-31(15-3-1)49-52-50(54-51(53-49)40-22-13-27-46-47(40)39-19-7-11-26-45(39)57-46)38-29-28-32(33-20-12-21-37-36-18-6-10-25-44(36)56-48(33)37)30-43(38)55-41-23-8-4-16-34(41)35-17-5-9-24-42(35)55/h1-30H/i4D,5D,16D,17D,23D,24D. The maximum atomic E-state index is 9.35. The molecule has 266 valence electrons. The number of furan rings is 1. The Labute approximate surface area is 339 Å². The van der Waals surface area contributed by atoms with Crippen molar-refractivity contribution in [1.82, 2.24) is 19.5 Å². The molecule has 6 heteroatoms. The highest BCUT2D eigenvalue weighted by atomic mass is 32.1. The lowest BCUT2D eigenvalue weighted by Crippen LogP contribution is -2.04. The van der Waals surface area contributed by atoms with E-state index in [1.54, 1.807) is 15.9 Å². The quantitative estimate of drug-likeness (QED) is 0.176. The summed E-state index contributed by atoms with van der Waals surface area (Å²) in [5.41, 5.74) is 6.06. The zero-order chi connectivity index (χ0) is 42.7. The van der Waals surface area contributed by atoms with Gasteiger partial charge in [-0.15, -0.1) is 11.3 Å². The van der Waals surface area contributed by atoms with Gasteiger partial charge in [-0.05, 0) is 48.0 Å². The van der Waals surface area contributed by atoms with E-state index in [2.05, 4.69) is 18.2 Å². The van der Waals surface area contributed by atoms with E-state index in [1.165, 1.54) is 12.1 Å². The van der Waals surface area contributed by atoms with Crippen LogP contribution < -0.4 is 0 Å². The van der Waals surface area contributed by atoms with E-state index in [-0.39, 0.29) is 58.1 Å². The van der Waals surface area contributed by atoms with Gasteiger partial charge in [-0.2, -0.15) is 0 Å². The zero-order valence-corrected chi connectivity index (χ0v) is 30.8. The molecule has 12 aromatic rings. The van der Waals surface area contributed by atoms with Crippen LogP contribution in [0.15, 0.2) is 186 Å². The second-order valence-electron chi connectivity index (χ2n) is 13.9. The molecule has 4 aromatic heterocycles. The summed E-state index contributed by atoms with van der Waals surface area (Å²) in [5.74, 6) is 1.22.